The van der Waals surface area contributed by atoms with Gasteiger partial charge in [-0.2, -0.15) is 4.39 Å². The van der Waals surface area contributed by atoms with Gasteiger partial charge in [0.25, 0.3) is 0 Å². The Labute approximate surface area is 80.7 Å². The second-order valence-electron chi connectivity index (χ2n) is 3.76. The Kier molecular flexibility index (Phi) is 7.96. The molecule has 0 saturated carbocycles. The van der Waals surface area contributed by atoms with Crippen molar-refractivity contribution in [3.8, 4) is 0 Å². The predicted octanol–water partition coefficient (Wildman–Crippen LogP) is 3.87. The van der Waals surface area contributed by atoms with Gasteiger partial charge in [-0.25, -0.2) is 0 Å². The lowest BCUT2D eigenvalue weighted by Gasteiger charge is -2.04. The first-order chi connectivity index (χ1) is 6.18. The molecule has 0 aromatic rings. The Morgan fingerprint density at radius 3 is 2.23 bits per heavy atom. The molecule has 0 bridgehead atoms. The largest absolute Gasteiger partial charge is 0.304 e. The minimum absolute atomic E-state index is 0.383. The third-order valence-electron chi connectivity index (χ3n) is 2.38. The first kappa shape index (κ1) is 12.6. The van der Waals surface area contributed by atoms with Gasteiger partial charge in [0, 0.05) is 5.92 Å². The van der Waals surface area contributed by atoms with E-state index in [1.165, 1.54) is 25.7 Å². The lowest BCUT2D eigenvalue weighted by Crippen LogP contribution is -2.03. The minimum Gasteiger partial charge on any atom is -0.261 e. The molecule has 0 heterocycles. The van der Waals surface area contributed by atoms with Crippen LogP contribution in [0.5, 0.6) is 0 Å². The summed E-state index contributed by atoms with van der Waals surface area (Å²) in [5.41, 5.74) is 0. The number of carbonyl (C=O) groups is 1. The number of hydrogen-bond acceptors (Lipinski definition) is 1. The summed E-state index contributed by atoms with van der Waals surface area (Å²) in [5, 5.41) is 0. The second kappa shape index (κ2) is 8.21. The molecule has 0 aliphatic carbocycles. The van der Waals surface area contributed by atoms with E-state index < -0.39 is 6.04 Å². The summed E-state index contributed by atoms with van der Waals surface area (Å²) in [6.45, 7) is 3.85. The van der Waals surface area contributed by atoms with Crippen molar-refractivity contribution >= 4 is 6.04 Å². The van der Waals surface area contributed by atoms with Crippen LogP contribution in [-0.2, 0) is 4.79 Å². The molecule has 0 spiro atoms. The fraction of sp³-hybridized carbons (Fsp3) is 0.909. The summed E-state index contributed by atoms with van der Waals surface area (Å²) in [4.78, 5) is 10.2. The smallest absolute Gasteiger partial charge is 0.261 e. The van der Waals surface area contributed by atoms with Crippen molar-refractivity contribution in [1.82, 2.24) is 0 Å². The van der Waals surface area contributed by atoms with E-state index in [1.54, 1.807) is 6.92 Å². The van der Waals surface area contributed by atoms with Crippen molar-refractivity contribution in [2.24, 2.45) is 5.92 Å². The molecule has 1 atom stereocenters. The minimum atomic E-state index is -1.16. The van der Waals surface area contributed by atoms with Gasteiger partial charge in [0.15, 0.2) is 0 Å². The van der Waals surface area contributed by atoms with Crippen LogP contribution in [0, 0.1) is 5.92 Å². The fourth-order valence-electron chi connectivity index (χ4n) is 1.34. The number of carbonyl (C=O) groups excluding carboxylic acids is 1. The highest BCUT2D eigenvalue weighted by molar-refractivity contribution is 5.70. The van der Waals surface area contributed by atoms with Crippen molar-refractivity contribution in [3.63, 3.8) is 0 Å². The lowest BCUT2D eigenvalue weighted by molar-refractivity contribution is -0.133. The number of halogens is 1. The lowest BCUT2D eigenvalue weighted by atomic mass is 10.0. The molecular formula is C11H21FO. The summed E-state index contributed by atoms with van der Waals surface area (Å²) >= 11 is 0. The van der Waals surface area contributed by atoms with Crippen LogP contribution in [0.3, 0.4) is 0 Å². The van der Waals surface area contributed by atoms with Crippen molar-refractivity contribution in [1.29, 1.82) is 0 Å². The van der Waals surface area contributed by atoms with E-state index in [2.05, 4.69) is 6.92 Å². The molecule has 0 rings (SSSR count). The molecule has 0 aromatic heterocycles. The van der Waals surface area contributed by atoms with Gasteiger partial charge in [-0.15, -0.1) is 0 Å². The molecule has 2 heteroatoms. The zero-order valence-corrected chi connectivity index (χ0v) is 8.81. The Morgan fingerprint density at radius 1 is 1.15 bits per heavy atom. The van der Waals surface area contributed by atoms with Gasteiger partial charge in [-0.05, 0) is 6.42 Å². The Balaban J connectivity index is 3.11. The normalized spacial score (nSPS) is 12.8. The molecule has 0 aliphatic rings. The van der Waals surface area contributed by atoms with Crippen LogP contribution in [0.1, 0.15) is 58.8 Å². The van der Waals surface area contributed by atoms with E-state index in [1.807, 2.05) is 0 Å². The van der Waals surface area contributed by atoms with Crippen LogP contribution in [-0.4, -0.2) is 6.04 Å². The van der Waals surface area contributed by atoms with Crippen molar-refractivity contribution < 1.29 is 9.18 Å². The molecule has 1 nitrogen and oxygen atoms in total. The fourth-order valence-corrected chi connectivity index (χ4v) is 1.34. The number of unbranched alkanes of at least 4 members (excludes halogenated alkanes) is 5. The molecule has 0 amide bonds. The number of rotatable bonds is 8. The standard InChI is InChI=1S/C11H21FO/c1-3-4-5-6-7-8-9-10(2)11(12)13/h10H,3-9H2,1-2H3. The van der Waals surface area contributed by atoms with Gasteiger partial charge in [0.2, 0.25) is 0 Å². The van der Waals surface area contributed by atoms with Crippen LogP contribution in [0.25, 0.3) is 0 Å². The molecule has 0 saturated heterocycles. The van der Waals surface area contributed by atoms with E-state index in [0.717, 1.165) is 12.8 Å². The van der Waals surface area contributed by atoms with E-state index in [0.29, 0.717) is 6.42 Å². The average Bonchev–Trinajstić information content (AvgIpc) is 2.10. The third-order valence-corrected chi connectivity index (χ3v) is 2.38. The van der Waals surface area contributed by atoms with Crippen molar-refractivity contribution in [2.45, 2.75) is 58.8 Å². The SMILES string of the molecule is CCCCCCCCC(C)C(=O)F. The molecular weight excluding hydrogens is 167 g/mol. The first-order valence-corrected chi connectivity index (χ1v) is 5.37. The van der Waals surface area contributed by atoms with E-state index in [9.17, 15) is 9.18 Å². The highest BCUT2D eigenvalue weighted by atomic mass is 19.1. The summed E-state index contributed by atoms with van der Waals surface area (Å²) in [6, 6.07) is -1.16. The molecule has 0 N–H and O–H groups in total. The Morgan fingerprint density at radius 2 is 1.69 bits per heavy atom. The quantitative estimate of drug-likeness (QED) is 0.417. The maximum absolute atomic E-state index is 12.1. The highest BCUT2D eigenvalue weighted by Gasteiger charge is 2.10. The molecule has 78 valence electrons. The molecule has 13 heavy (non-hydrogen) atoms. The Bertz CT molecular complexity index is 134. The van der Waals surface area contributed by atoms with Gasteiger partial charge < -0.3 is 0 Å². The second-order valence-corrected chi connectivity index (χ2v) is 3.76. The third kappa shape index (κ3) is 7.94. The van der Waals surface area contributed by atoms with Gasteiger partial charge in [-0.3, -0.25) is 4.79 Å². The number of hydrogen-bond donors (Lipinski definition) is 0. The highest BCUT2D eigenvalue weighted by Crippen LogP contribution is 2.12. The summed E-state index contributed by atoms with van der Waals surface area (Å²) < 4.78 is 12.1. The molecule has 0 fully saturated rings. The first-order valence-electron chi connectivity index (χ1n) is 5.37. The van der Waals surface area contributed by atoms with Crippen LogP contribution in [0.4, 0.5) is 4.39 Å². The zero-order valence-electron chi connectivity index (χ0n) is 8.81. The van der Waals surface area contributed by atoms with Crippen LogP contribution < -0.4 is 0 Å². The molecule has 0 radical (unpaired) electrons. The summed E-state index contributed by atoms with van der Waals surface area (Å²) in [7, 11) is 0. The monoisotopic (exact) mass is 188 g/mol. The van der Waals surface area contributed by atoms with Crippen molar-refractivity contribution in [3.05, 3.63) is 0 Å². The van der Waals surface area contributed by atoms with Crippen LogP contribution in [0.15, 0.2) is 0 Å². The predicted molar refractivity (Wildman–Crippen MR) is 53.3 cm³/mol. The summed E-state index contributed by atoms with van der Waals surface area (Å²) in [6.07, 6.45) is 7.87. The summed E-state index contributed by atoms with van der Waals surface area (Å²) in [5.74, 6) is -0.383. The van der Waals surface area contributed by atoms with Gasteiger partial charge in [0.1, 0.15) is 0 Å². The molecule has 1 unspecified atom stereocenters. The van der Waals surface area contributed by atoms with Gasteiger partial charge >= 0.3 is 6.04 Å². The van der Waals surface area contributed by atoms with E-state index in [-0.39, 0.29) is 5.92 Å². The maximum atomic E-state index is 12.1. The zero-order chi connectivity index (χ0) is 10.1. The Hall–Kier alpha value is -0.400. The molecule has 0 aliphatic heterocycles. The van der Waals surface area contributed by atoms with Gasteiger partial charge in [0.05, 0.1) is 0 Å². The maximum Gasteiger partial charge on any atom is 0.304 e. The molecule has 0 aromatic carbocycles. The van der Waals surface area contributed by atoms with E-state index >= 15 is 0 Å². The van der Waals surface area contributed by atoms with Crippen LogP contribution in [0.2, 0.25) is 0 Å². The average molecular weight is 188 g/mol. The topological polar surface area (TPSA) is 17.1 Å². The van der Waals surface area contributed by atoms with Crippen molar-refractivity contribution in [2.75, 3.05) is 0 Å². The van der Waals surface area contributed by atoms with Crippen LogP contribution >= 0.6 is 0 Å². The van der Waals surface area contributed by atoms with E-state index in [4.69, 9.17) is 0 Å². The van der Waals surface area contributed by atoms with Gasteiger partial charge in [-0.1, -0.05) is 52.4 Å².